The van der Waals surface area contributed by atoms with Crippen LogP contribution in [0.5, 0.6) is 23.0 Å². The molecule has 0 saturated carbocycles. The number of anilines is 3. The van der Waals surface area contributed by atoms with E-state index < -0.39 is 75.8 Å². The predicted octanol–water partition coefficient (Wildman–Crippen LogP) is 4.72. The number of benzene rings is 3. The highest BCUT2D eigenvalue weighted by Crippen LogP contribution is 2.48. The van der Waals surface area contributed by atoms with Crippen LogP contribution in [0.2, 0.25) is 0 Å². The van der Waals surface area contributed by atoms with Gasteiger partial charge >= 0.3 is 35.8 Å². The van der Waals surface area contributed by atoms with Crippen molar-refractivity contribution in [2.24, 2.45) is 4.99 Å². The number of carbonyl (C=O) groups excluding carboxylic acids is 6. The Labute approximate surface area is 386 Å². The van der Waals surface area contributed by atoms with Crippen LogP contribution in [0.25, 0.3) is 5.57 Å². The number of methoxy groups -OCH3 is 1. The Morgan fingerprint density at radius 1 is 0.612 bits per heavy atom. The van der Waals surface area contributed by atoms with Crippen molar-refractivity contribution in [3.63, 3.8) is 0 Å². The van der Waals surface area contributed by atoms with Crippen LogP contribution in [-0.2, 0) is 61.9 Å². The van der Waals surface area contributed by atoms with Gasteiger partial charge in [-0.3, -0.25) is 29.0 Å². The second-order valence-electron chi connectivity index (χ2n) is 14.8. The van der Waals surface area contributed by atoms with Gasteiger partial charge in [-0.15, -0.1) is 0 Å². The number of rotatable bonds is 21. The van der Waals surface area contributed by atoms with Gasteiger partial charge in [0.05, 0.1) is 12.8 Å². The van der Waals surface area contributed by atoms with Crippen LogP contribution in [0, 0.1) is 0 Å². The molecule has 0 N–H and O–H groups in total. The number of aliphatic imine (C=N–C) groups is 1. The number of allylic oxidation sites excluding steroid dienone is 4. The standard InChI is InChI=1S/C47H52N4O16/c1-29(52)61-26-64-44(55)23-48-38-15-9-32(47-36-13-10-33(49(4)5)20-40(36)67-41-21-34(50(6)7)11-14-37(41)47)19-42(38)59-17-18-60-43-22-35(58-8)12-16-39(43)51(24-45(56)65-27-62-30(2)53)25-46(57)66-28-63-31(3)54/h9-16,19-22H,17-18,23-28H2,1-8H3. The fourth-order valence-electron chi connectivity index (χ4n) is 6.31. The molecule has 5 rings (SSSR count). The average Bonchev–Trinajstić information content (AvgIpc) is 3.27. The highest BCUT2D eigenvalue weighted by Gasteiger charge is 2.28. The minimum Gasteiger partial charge on any atom is -0.497 e. The number of hydrogen-bond acceptors (Lipinski definition) is 20. The van der Waals surface area contributed by atoms with Gasteiger partial charge in [-0.2, -0.15) is 0 Å². The highest BCUT2D eigenvalue weighted by atomic mass is 16.7. The minimum absolute atomic E-state index is 0.0988. The summed E-state index contributed by atoms with van der Waals surface area (Å²) in [6, 6.07) is 16.5. The summed E-state index contributed by atoms with van der Waals surface area (Å²) >= 11 is 0. The quantitative estimate of drug-likeness (QED) is 0.0478. The van der Waals surface area contributed by atoms with Crippen molar-refractivity contribution >= 4 is 64.2 Å². The van der Waals surface area contributed by atoms with E-state index in [1.54, 1.807) is 24.3 Å². The van der Waals surface area contributed by atoms with Gasteiger partial charge in [-0.05, 0) is 54.1 Å². The molecule has 1 aliphatic heterocycles. The van der Waals surface area contributed by atoms with Crippen LogP contribution < -0.4 is 28.9 Å². The smallest absolute Gasteiger partial charge is 0.330 e. The molecule has 0 bridgehead atoms. The Morgan fingerprint density at radius 2 is 1.13 bits per heavy atom. The first kappa shape index (κ1) is 50.0. The lowest BCUT2D eigenvalue weighted by Crippen LogP contribution is -2.37. The molecule has 3 aromatic rings. The Bertz CT molecular complexity index is 2380. The lowest BCUT2D eigenvalue weighted by atomic mass is 9.87. The summed E-state index contributed by atoms with van der Waals surface area (Å²) in [6.45, 7) is -0.123. The highest BCUT2D eigenvalue weighted by molar-refractivity contribution is 6.10. The molecule has 1 aliphatic carbocycles. The van der Waals surface area contributed by atoms with E-state index in [0.29, 0.717) is 23.0 Å². The summed E-state index contributed by atoms with van der Waals surface area (Å²) in [4.78, 5) is 81.7. The first-order valence-corrected chi connectivity index (χ1v) is 20.6. The maximum atomic E-state index is 12.9. The van der Waals surface area contributed by atoms with Crippen molar-refractivity contribution in [3.05, 3.63) is 95.3 Å². The van der Waals surface area contributed by atoms with Gasteiger partial charge in [0.25, 0.3) is 0 Å². The number of fused-ring (bicyclic) bond motifs is 2. The lowest BCUT2D eigenvalue weighted by molar-refractivity contribution is -0.166. The van der Waals surface area contributed by atoms with Crippen LogP contribution in [0.1, 0.15) is 31.9 Å². The first-order chi connectivity index (χ1) is 32.0. The molecule has 0 radical (unpaired) electrons. The molecular weight excluding hydrogens is 877 g/mol. The molecule has 0 unspecified atom stereocenters. The van der Waals surface area contributed by atoms with E-state index >= 15 is 0 Å². The zero-order valence-corrected chi connectivity index (χ0v) is 38.4. The van der Waals surface area contributed by atoms with E-state index in [0.717, 1.165) is 47.5 Å². The summed E-state index contributed by atoms with van der Waals surface area (Å²) in [5.74, 6) is -2.38. The van der Waals surface area contributed by atoms with Gasteiger partial charge in [0.15, 0.2) is 0 Å². The minimum atomic E-state index is -0.866. The van der Waals surface area contributed by atoms with Crippen molar-refractivity contribution in [3.8, 4) is 23.0 Å². The second-order valence-corrected chi connectivity index (χ2v) is 14.8. The van der Waals surface area contributed by atoms with E-state index in [1.165, 1.54) is 25.0 Å². The third kappa shape index (κ3) is 14.5. The van der Waals surface area contributed by atoms with Gasteiger partial charge in [0.1, 0.15) is 67.3 Å². The lowest BCUT2D eigenvalue weighted by Gasteiger charge is -2.28. The van der Waals surface area contributed by atoms with Crippen molar-refractivity contribution in [2.75, 3.05) is 103 Å². The molecule has 1 heterocycles. The van der Waals surface area contributed by atoms with E-state index in [1.807, 2.05) is 80.5 Å². The normalized spacial score (nSPS) is 12.8. The number of hydrogen-bond donors (Lipinski definition) is 0. The molecule has 0 fully saturated rings. The first-order valence-electron chi connectivity index (χ1n) is 20.6. The topological polar surface area (TPSA) is 217 Å². The zero-order valence-electron chi connectivity index (χ0n) is 38.4. The molecular formula is C47H52N4O16. The molecule has 0 spiro atoms. The van der Waals surface area contributed by atoms with Gasteiger partial charge < -0.3 is 62.1 Å². The predicted molar refractivity (Wildman–Crippen MR) is 242 cm³/mol. The van der Waals surface area contributed by atoms with Crippen LogP contribution >= 0.6 is 0 Å². The molecule has 0 aromatic heterocycles. The van der Waals surface area contributed by atoms with Gasteiger partial charge in [0.2, 0.25) is 20.4 Å². The maximum Gasteiger partial charge on any atom is 0.330 e. The Balaban J connectivity index is 1.47. The van der Waals surface area contributed by atoms with Gasteiger partial charge in [-0.1, -0.05) is 6.08 Å². The summed E-state index contributed by atoms with van der Waals surface area (Å²) in [6.07, 6.45) is 5.35. The maximum absolute atomic E-state index is 12.9. The largest absolute Gasteiger partial charge is 0.497 e. The number of esters is 6. The summed E-state index contributed by atoms with van der Waals surface area (Å²) in [5.41, 5.74) is 5.62. The molecule has 356 valence electrons. The fourth-order valence-corrected chi connectivity index (χ4v) is 6.31. The van der Waals surface area contributed by atoms with Crippen LogP contribution in [0.3, 0.4) is 0 Å². The molecule has 67 heavy (non-hydrogen) atoms. The number of ether oxygens (including phenoxy) is 10. The van der Waals surface area contributed by atoms with Gasteiger partial charge in [-0.25, -0.2) is 4.79 Å². The number of nitrogens with zero attached hydrogens (tertiary/aromatic N) is 4. The van der Waals surface area contributed by atoms with E-state index in [4.69, 9.17) is 47.4 Å². The van der Waals surface area contributed by atoms with Crippen molar-refractivity contribution in [1.29, 1.82) is 0 Å². The van der Waals surface area contributed by atoms with Crippen molar-refractivity contribution < 1.29 is 76.1 Å². The molecule has 3 aromatic carbocycles. The Kier molecular flexibility index (Phi) is 17.7. The average molecular weight is 929 g/mol. The Morgan fingerprint density at radius 3 is 1.64 bits per heavy atom. The number of carbonyl (C=O) groups is 6. The Hall–Kier alpha value is -8.03. The van der Waals surface area contributed by atoms with E-state index in [9.17, 15) is 28.8 Å². The third-order valence-electron chi connectivity index (χ3n) is 9.54. The van der Waals surface area contributed by atoms with Crippen LogP contribution in [0.15, 0.2) is 89.2 Å². The van der Waals surface area contributed by atoms with Crippen molar-refractivity contribution in [2.45, 2.75) is 20.8 Å². The molecule has 0 saturated heterocycles. The van der Waals surface area contributed by atoms with Gasteiger partial charge in [0, 0.05) is 95.2 Å². The second kappa shape index (κ2) is 23.8. The monoisotopic (exact) mass is 928 g/mol. The van der Waals surface area contributed by atoms with E-state index in [2.05, 4.69) is 4.99 Å². The molecule has 2 aliphatic rings. The van der Waals surface area contributed by atoms with Crippen LogP contribution in [-0.4, -0.2) is 130 Å². The van der Waals surface area contributed by atoms with E-state index in [-0.39, 0.29) is 30.4 Å². The fraction of sp³-hybridized carbons (Fsp3) is 0.340. The molecule has 0 amide bonds. The molecule has 20 heteroatoms. The zero-order chi connectivity index (χ0) is 48.6. The summed E-state index contributed by atoms with van der Waals surface area (Å²) < 4.78 is 53.7. The SMILES string of the molecule is COc1ccc(N(CC(=O)OCOC(C)=O)CC(=O)OCOC(C)=O)c(OCCOC2=CC(=C3c4ccc(N(C)C)cc4Oc4cc(N(C)C)ccc43)C=CC2=NCC(=O)OCOC(C)=O)c1. The van der Waals surface area contributed by atoms with Crippen molar-refractivity contribution in [1.82, 2.24) is 0 Å². The van der Waals surface area contributed by atoms with Crippen LogP contribution in [0.4, 0.5) is 17.1 Å². The third-order valence-corrected chi connectivity index (χ3v) is 9.54. The summed E-state index contributed by atoms with van der Waals surface area (Å²) in [7, 11) is 9.21. The molecule has 0 atom stereocenters. The molecule has 20 nitrogen and oxygen atoms in total. The summed E-state index contributed by atoms with van der Waals surface area (Å²) in [5, 5.41) is 0.